The Bertz CT molecular complexity index is 1360. The van der Waals surface area contributed by atoms with Gasteiger partial charge in [-0.25, -0.2) is 18.0 Å². The van der Waals surface area contributed by atoms with Gasteiger partial charge < -0.3 is 24.3 Å². The van der Waals surface area contributed by atoms with Gasteiger partial charge in [0.1, 0.15) is 22.8 Å². The monoisotopic (exact) mass is 543 g/mol. The first-order chi connectivity index (χ1) is 18.4. The van der Waals surface area contributed by atoms with Gasteiger partial charge in [0.25, 0.3) is 5.92 Å². The van der Waals surface area contributed by atoms with Crippen molar-refractivity contribution in [2.75, 3.05) is 31.1 Å². The lowest BCUT2D eigenvalue weighted by molar-refractivity contribution is -0.142. The molecule has 2 fully saturated rings. The second-order valence-electron chi connectivity index (χ2n) is 11.3. The fourth-order valence-electron chi connectivity index (χ4n) is 4.94. The van der Waals surface area contributed by atoms with Crippen LogP contribution < -0.4 is 10.2 Å². The normalized spacial score (nSPS) is 17.7. The van der Waals surface area contributed by atoms with Crippen LogP contribution >= 0.6 is 0 Å². The fourth-order valence-corrected chi connectivity index (χ4v) is 4.94. The summed E-state index contributed by atoms with van der Waals surface area (Å²) in [6.07, 6.45) is -1.15. The Morgan fingerprint density at radius 3 is 2.38 bits per heavy atom. The number of ether oxygens (including phenoxy) is 1. The molecular weight excluding hydrogens is 511 g/mol. The van der Waals surface area contributed by atoms with Crippen molar-refractivity contribution in [3.63, 3.8) is 0 Å². The molecule has 2 aromatic carbocycles. The summed E-state index contributed by atoms with van der Waals surface area (Å²) in [5, 5.41) is 3.49. The topological polar surface area (TPSA) is 75.0 Å². The molecule has 0 unspecified atom stereocenters. The number of furan rings is 1. The predicted octanol–water partition coefficient (Wildman–Crippen LogP) is 5.96. The summed E-state index contributed by atoms with van der Waals surface area (Å²) in [6.45, 7) is 6.58. The molecule has 1 N–H and O–H groups in total. The Balaban J connectivity index is 1.35. The van der Waals surface area contributed by atoms with E-state index < -0.39 is 17.6 Å². The van der Waals surface area contributed by atoms with Crippen LogP contribution in [0.3, 0.4) is 0 Å². The highest BCUT2D eigenvalue weighted by Gasteiger charge is 2.40. The molecular formula is C29H32F3N3O4. The fraction of sp³-hybridized carbons (Fsp3) is 0.448. The van der Waals surface area contributed by atoms with Gasteiger partial charge in [0.2, 0.25) is 5.91 Å². The van der Waals surface area contributed by atoms with Crippen molar-refractivity contribution in [3.8, 4) is 11.1 Å². The number of carbonyl (C=O) groups is 2. The Kier molecular flexibility index (Phi) is 6.99. The van der Waals surface area contributed by atoms with E-state index >= 15 is 0 Å². The summed E-state index contributed by atoms with van der Waals surface area (Å²) >= 11 is 0. The van der Waals surface area contributed by atoms with E-state index in [-0.39, 0.29) is 50.1 Å². The van der Waals surface area contributed by atoms with Gasteiger partial charge in [-0.3, -0.25) is 4.79 Å². The Morgan fingerprint density at radius 2 is 1.74 bits per heavy atom. The lowest BCUT2D eigenvalue weighted by Crippen LogP contribution is -2.56. The summed E-state index contributed by atoms with van der Waals surface area (Å²) in [5.74, 6) is -2.86. The van der Waals surface area contributed by atoms with E-state index in [0.29, 0.717) is 24.4 Å². The molecule has 208 valence electrons. The number of piperidine rings is 1. The molecule has 39 heavy (non-hydrogen) atoms. The predicted molar refractivity (Wildman–Crippen MR) is 141 cm³/mol. The number of halogens is 3. The number of hydrogen-bond donors (Lipinski definition) is 1. The Hall–Kier alpha value is -3.69. The molecule has 7 nitrogen and oxygen atoms in total. The van der Waals surface area contributed by atoms with Gasteiger partial charge in [-0.05, 0) is 56.7 Å². The summed E-state index contributed by atoms with van der Waals surface area (Å²) in [5.41, 5.74) is 2.33. The third kappa shape index (κ3) is 6.15. The van der Waals surface area contributed by atoms with Gasteiger partial charge >= 0.3 is 6.09 Å². The molecule has 2 aliphatic heterocycles. The molecule has 3 heterocycles. The maximum absolute atomic E-state index is 13.6. The largest absolute Gasteiger partial charge is 0.459 e. The van der Waals surface area contributed by atoms with Crippen LogP contribution in [0.2, 0.25) is 0 Å². The lowest BCUT2D eigenvalue weighted by Gasteiger charge is -2.43. The van der Waals surface area contributed by atoms with Crippen molar-refractivity contribution in [3.05, 3.63) is 54.0 Å². The minimum atomic E-state index is -2.69. The first-order valence-electron chi connectivity index (χ1n) is 13.1. The number of fused-ring (bicyclic) bond motifs is 1. The van der Waals surface area contributed by atoms with E-state index in [4.69, 9.17) is 9.15 Å². The average molecular weight is 544 g/mol. The second-order valence-corrected chi connectivity index (χ2v) is 11.3. The van der Waals surface area contributed by atoms with Gasteiger partial charge in [-0.2, -0.15) is 0 Å². The lowest BCUT2D eigenvalue weighted by atomic mass is 9.94. The first kappa shape index (κ1) is 26.9. The molecule has 0 saturated carbocycles. The van der Waals surface area contributed by atoms with Crippen molar-refractivity contribution >= 4 is 28.7 Å². The van der Waals surface area contributed by atoms with Crippen molar-refractivity contribution in [1.82, 2.24) is 10.2 Å². The summed E-state index contributed by atoms with van der Waals surface area (Å²) in [7, 11) is 0. The molecule has 0 aliphatic carbocycles. The van der Waals surface area contributed by atoms with E-state index in [1.165, 1.54) is 12.1 Å². The number of likely N-dealkylation sites (tertiary alicyclic amines) is 1. The zero-order valence-electron chi connectivity index (χ0n) is 22.2. The minimum Gasteiger partial charge on any atom is -0.459 e. The maximum atomic E-state index is 13.6. The molecule has 0 spiro atoms. The highest BCUT2D eigenvalue weighted by atomic mass is 19.3. The average Bonchev–Trinajstić information content (AvgIpc) is 3.24. The van der Waals surface area contributed by atoms with Crippen LogP contribution in [0.4, 0.5) is 23.7 Å². The van der Waals surface area contributed by atoms with Gasteiger partial charge in [0.05, 0.1) is 12.5 Å². The van der Waals surface area contributed by atoms with E-state index in [2.05, 4.69) is 10.2 Å². The van der Waals surface area contributed by atoms with Crippen LogP contribution in [0.5, 0.6) is 0 Å². The highest BCUT2D eigenvalue weighted by molar-refractivity contribution is 5.96. The van der Waals surface area contributed by atoms with Crippen LogP contribution in [0.15, 0.2) is 46.9 Å². The smallest absolute Gasteiger partial charge is 0.408 e. The van der Waals surface area contributed by atoms with Crippen LogP contribution in [-0.2, 0) is 16.1 Å². The third-order valence-electron chi connectivity index (χ3n) is 7.02. The number of anilines is 1. The molecule has 0 atom stereocenters. The number of benzene rings is 2. The molecule has 2 amide bonds. The SMILES string of the molecule is CC(C)(C)OC(=O)NCc1cc2cc(N3CC(C(=O)N4CCC(F)(F)CC4)C3)cc(-c3ccc(F)cc3)c2o1. The summed E-state index contributed by atoms with van der Waals surface area (Å²) in [6, 6.07) is 11.8. The van der Waals surface area contributed by atoms with E-state index in [1.807, 2.05) is 18.2 Å². The number of carbonyl (C=O) groups excluding carboxylic acids is 2. The number of nitrogens with one attached hydrogen (secondary N) is 1. The van der Waals surface area contributed by atoms with Crippen molar-refractivity contribution in [2.24, 2.45) is 5.92 Å². The number of hydrogen-bond acceptors (Lipinski definition) is 5. The number of alkyl halides is 2. The molecule has 0 radical (unpaired) electrons. The number of rotatable bonds is 5. The number of nitrogens with zero attached hydrogens (tertiary/aromatic N) is 2. The summed E-state index contributed by atoms with van der Waals surface area (Å²) < 4.78 is 52.0. The van der Waals surface area contributed by atoms with Gasteiger partial charge in [0, 0.05) is 55.7 Å². The molecule has 2 saturated heterocycles. The van der Waals surface area contributed by atoms with Gasteiger partial charge in [-0.15, -0.1) is 0 Å². The highest BCUT2D eigenvalue weighted by Crippen LogP contribution is 2.38. The third-order valence-corrected chi connectivity index (χ3v) is 7.02. The number of amides is 2. The van der Waals surface area contributed by atoms with Crippen LogP contribution in [0, 0.1) is 11.7 Å². The zero-order valence-corrected chi connectivity index (χ0v) is 22.2. The second kappa shape index (κ2) is 10.1. The maximum Gasteiger partial charge on any atom is 0.408 e. The molecule has 10 heteroatoms. The molecule has 0 bridgehead atoms. The van der Waals surface area contributed by atoms with Crippen LogP contribution in [0.25, 0.3) is 22.1 Å². The quantitative estimate of drug-likeness (QED) is 0.430. The Labute approximate surface area is 224 Å². The van der Waals surface area contributed by atoms with Gasteiger partial charge in [0.15, 0.2) is 0 Å². The van der Waals surface area contributed by atoms with E-state index in [1.54, 1.807) is 37.8 Å². The minimum absolute atomic E-state index is 0.0815. The van der Waals surface area contributed by atoms with Gasteiger partial charge in [-0.1, -0.05) is 12.1 Å². The summed E-state index contributed by atoms with van der Waals surface area (Å²) in [4.78, 5) is 28.6. The van der Waals surface area contributed by atoms with Crippen molar-refractivity contribution < 1.29 is 31.9 Å². The number of alkyl carbamates (subject to hydrolysis) is 1. The molecule has 5 rings (SSSR count). The first-order valence-corrected chi connectivity index (χ1v) is 13.1. The zero-order chi connectivity index (χ0) is 27.9. The van der Waals surface area contributed by atoms with Crippen LogP contribution in [-0.4, -0.2) is 54.6 Å². The Morgan fingerprint density at radius 1 is 1.08 bits per heavy atom. The van der Waals surface area contributed by atoms with Crippen LogP contribution in [0.1, 0.15) is 39.4 Å². The van der Waals surface area contributed by atoms with Crippen molar-refractivity contribution in [1.29, 1.82) is 0 Å². The van der Waals surface area contributed by atoms with Crippen molar-refractivity contribution in [2.45, 2.75) is 51.7 Å². The molecule has 1 aromatic heterocycles. The van der Waals surface area contributed by atoms with E-state index in [0.717, 1.165) is 22.2 Å². The standard InChI is InChI=1S/C29H32F3N3O4/c1-28(2,3)39-27(37)33-15-23-13-19-12-22(14-24(25(19)38-23)18-4-6-21(30)7-5-18)35-16-20(17-35)26(36)34-10-8-29(31,32)9-11-34/h4-7,12-14,20H,8-11,15-17H2,1-3H3,(H,33,37). The molecule has 3 aromatic rings. The van der Waals surface area contributed by atoms with E-state index in [9.17, 15) is 22.8 Å². The molecule has 2 aliphatic rings.